The van der Waals surface area contributed by atoms with Gasteiger partial charge in [-0.15, -0.1) is 0 Å². The van der Waals surface area contributed by atoms with Crippen LogP contribution < -0.4 is 9.64 Å². The quantitative estimate of drug-likeness (QED) is 0.288. The maximum absolute atomic E-state index is 6.09. The third kappa shape index (κ3) is 5.75. The molecule has 1 aromatic heterocycles. The molecule has 1 heterocycles. The minimum absolute atomic E-state index is 0.582. The molecule has 0 aliphatic rings. The lowest BCUT2D eigenvalue weighted by Crippen LogP contribution is -3.09. The molecule has 0 saturated carbocycles. The molecule has 0 aliphatic heterocycles. The van der Waals surface area contributed by atoms with Crippen molar-refractivity contribution in [3.05, 3.63) is 138 Å². The number of aromatic amines is 1. The first-order valence-electron chi connectivity index (χ1n) is 12.0. The van der Waals surface area contributed by atoms with E-state index < -0.39 is 0 Å². The molecule has 0 bridgehead atoms. The summed E-state index contributed by atoms with van der Waals surface area (Å²) in [5.74, 6) is 0.912. The summed E-state index contributed by atoms with van der Waals surface area (Å²) in [6.45, 7) is 3.68. The molecule has 3 heteroatoms. The Morgan fingerprint density at radius 1 is 0.647 bits per heavy atom. The van der Waals surface area contributed by atoms with Gasteiger partial charge in [-0.1, -0.05) is 91.0 Å². The second kappa shape index (κ2) is 10.9. The van der Waals surface area contributed by atoms with Crippen LogP contribution in [-0.2, 0) is 26.1 Å². The molecule has 0 saturated heterocycles. The van der Waals surface area contributed by atoms with Crippen LogP contribution in [0.1, 0.15) is 22.3 Å². The summed E-state index contributed by atoms with van der Waals surface area (Å²) in [6, 6.07) is 38.3. The topological polar surface area (TPSA) is 29.5 Å². The molecule has 5 rings (SSSR count). The van der Waals surface area contributed by atoms with Crippen molar-refractivity contribution in [3.63, 3.8) is 0 Å². The van der Waals surface area contributed by atoms with Crippen LogP contribution in [0.3, 0.4) is 0 Å². The average molecular weight is 448 g/mol. The van der Waals surface area contributed by atoms with E-state index in [1.807, 2.05) is 24.3 Å². The number of rotatable bonds is 10. The Kier molecular flexibility index (Phi) is 7.03. The highest BCUT2D eigenvalue weighted by Crippen LogP contribution is 2.24. The van der Waals surface area contributed by atoms with Gasteiger partial charge in [0.05, 0.1) is 6.54 Å². The van der Waals surface area contributed by atoms with Crippen molar-refractivity contribution in [2.45, 2.75) is 26.1 Å². The lowest BCUT2D eigenvalue weighted by molar-refractivity contribution is -0.927. The fraction of sp³-hybridized carbons (Fsp3) is 0.161. The van der Waals surface area contributed by atoms with Gasteiger partial charge in [0, 0.05) is 34.6 Å². The maximum atomic E-state index is 6.09. The Bertz CT molecular complexity index is 1260. The van der Waals surface area contributed by atoms with Crippen molar-refractivity contribution < 1.29 is 9.64 Å². The summed E-state index contributed by atoms with van der Waals surface area (Å²) in [4.78, 5) is 5.01. The summed E-state index contributed by atoms with van der Waals surface area (Å²) in [7, 11) is 0. The van der Waals surface area contributed by atoms with E-state index in [4.69, 9.17) is 4.74 Å². The molecule has 0 fully saturated rings. The van der Waals surface area contributed by atoms with E-state index in [9.17, 15) is 0 Å². The van der Waals surface area contributed by atoms with Gasteiger partial charge in [0.1, 0.15) is 25.4 Å². The molecular formula is C31H31N2O+. The van der Waals surface area contributed by atoms with E-state index in [0.717, 1.165) is 37.3 Å². The number of aromatic nitrogens is 1. The van der Waals surface area contributed by atoms with E-state index in [-0.39, 0.29) is 0 Å². The summed E-state index contributed by atoms with van der Waals surface area (Å²) >= 11 is 0. The highest BCUT2D eigenvalue weighted by Gasteiger charge is 2.13. The van der Waals surface area contributed by atoms with E-state index in [1.54, 1.807) is 4.90 Å². The number of hydrogen-bond donors (Lipinski definition) is 2. The third-order valence-electron chi connectivity index (χ3n) is 6.33. The van der Waals surface area contributed by atoms with Gasteiger partial charge in [-0.3, -0.25) is 0 Å². The average Bonchev–Trinajstić information content (AvgIpc) is 3.30. The third-order valence-corrected chi connectivity index (χ3v) is 6.33. The summed E-state index contributed by atoms with van der Waals surface area (Å²) < 4.78 is 6.09. The van der Waals surface area contributed by atoms with Gasteiger partial charge in [-0.25, -0.2) is 0 Å². The van der Waals surface area contributed by atoms with Gasteiger partial charge in [-0.05, 0) is 29.3 Å². The number of benzene rings is 4. The molecule has 0 aliphatic carbocycles. The molecule has 2 N–H and O–H groups in total. The molecule has 0 atom stereocenters. The molecule has 170 valence electrons. The zero-order chi connectivity index (χ0) is 23.0. The highest BCUT2D eigenvalue weighted by atomic mass is 16.5. The standard InChI is InChI=1S/C31H30N2O/c1-4-10-25(11-5-1)22-33(23-26-12-6-2-7-13-26)19-18-28-21-32-31-17-16-29(20-30(28)31)34-24-27-14-8-3-9-15-27/h1-17,20-21,32H,18-19,22-24H2/p+1. The zero-order valence-electron chi connectivity index (χ0n) is 19.4. The lowest BCUT2D eigenvalue weighted by Gasteiger charge is -2.20. The van der Waals surface area contributed by atoms with Crippen molar-refractivity contribution in [2.75, 3.05) is 6.54 Å². The van der Waals surface area contributed by atoms with Crippen LogP contribution >= 0.6 is 0 Å². The number of hydrogen-bond acceptors (Lipinski definition) is 1. The molecule has 4 aromatic carbocycles. The number of nitrogens with one attached hydrogen (secondary N) is 2. The van der Waals surface area contributed by atoms with E-state index in [1.165, 1.54) is 27.6 Å². The van der Waals surface area contributed by atoms with Crippen LogP contribution in [0.5, 0.6) is 5.75 Å². The van der Waals surface area contributed by atoms with Gasteiger partial charge in [-0.2, -0.15) is 0 Å². The second-order valence-corrected chi connectivity index (χ2v) is 8.87. The Morgan fingerprint density at radius 2 is 1.24 bits per heavy atom. The minimum Gasteiger partial charge on any atom is -0.489 e. The highest BCUT2D eigenvalue weighted by molar-refractivity contribution is 5.84. The van der Waals surface area contributed by atoms with Crippen LogP contribution in [0.15, 0.2) is 115 Å². The van der Waals surface area contributed by atoms with Crippen molar-refractivity contribution in [2.24, 2.45) is 0 Å². The largest absolute Gasteiger partial charge is 0.489 e. The van der Waals surface area contributed by atoms with Gasteiger partial charge in [0.2, 0.25) is 0 Å². The number of quaternary nitrogens is 1. The fourth-order valence-corrected chi connectivity index (χ4v) is 4.51. The predicted molar refractivity (Wildman–Crippen MR) is 139 cm³/mol. The van der Waals surface area contributed by atoms with Crippen molar-refractivity contribution in [3.8, 4) is 5.75 Å². The number of fused-ring (bicyclic) bond motifs is 1. The SMILES string of the molecule is c1ccc(COc2ccc3[nH]cc(CC[NH+](Cc4ccccc4)Cc4ccccc4)c3c2)cc1. The van der Waals surface area contributed by atoms with Crippen molar-refractivity contribution in [1.82, 2.24) is 4.98 Å². The Hall–Kier alpha value is -3.82. The van der Waals surface area contributed by atoms with E-state index in [0.29, 0.717) is 6.61 Å². The fourth-order valence-electron chi connectivity index (χ4n) is 4.51. The molecule has 3 nitrogen and oxygen atoms in total. The van der Waals surface area contributed by atoms with Crippen LogP contribution in [0, 0.1) is 0 Å². The Labute approximate surface area is 201 Å². The molecule has 0 spiro atoms. The predicted octanol–water partition coefficient (Wildman–Crippen LogP) is 5.57. The Morgan fingerprint density at radius 3 is 1.85 bits per heavy atom. The first-order valence-corrected chi connectivity index (χ1v) is 12.0. The summed E-state index contributed by atoms with van der Waals surface area (Å²) in [5, 5.41) is 1.25. The number of H-pyrrole nitrogens is 1. The first kappa shape index (κ1) is 22.0. The molecule has 0 amide bonds. The normalized spacial score (nSPS) is 11.2. The first-order chi connectivity index (χ1) is 16.8. The maximum Gasteiger partial charge on any atom is 0.120 e. The van der Waals surface area contributed by atoms with Gasteiger partial charge in [0.25, 0.3) is 0 Å². The van der Waals surface area contributed by atoms with Crippen LogP contribution in [0.25, 0.3) is 10.9 Å². The number of ether oxygens (including phenoxy) is 1. The van der Waals surface area contributed by atoms with Crippen LogP contribution in [0.2, 0.25) is 0 Å². The summed E-state index contributed by atoms with van der Waals surface area (Å²) in [6.07, 6.45) is 3.17. The molecule has 5 aromatic rings. The van der Waals surface area contributed by atoms with Gasteiger partial charge in [0.15, 0.2) is 0 Å². The van der Waals surface area contributed by atoms with Crippen molar-refractivity contribution >= 4 is 10.9 Å². The van der Waals surface area contributed by atoms with Crippen LogP contribution in [0.4, 0.5) is 0 Å². The van der Waals surface area contributed by atoms with E-state index >= 15 is 0 Å². The summed E-state index contributed by atoms with van der Waals surface area (Å²) in [5.41, 5.74) is 6.44. The smallest absolute Gasteiger partial charge is 0.120 e. The minimum atomic E-state index is 0.582. The lowest BCUT2D eigenvalue weighted by atomic mass is 10.1. The monoisotopic (exact) mass is 447 g/mol. The van der Waals surface area contributed by atoms with Crippen molar-refractivity contribution in [1.29, 1.82) is 0 Å². The molecule has 0 unspecified atom stereocenters. The molecule has 0 radical (unpaired) electrons. The zero-order valence-corrected chi connectivity index (χ0v) is 19.4. The van der Waals surface area contributed by atoms with Gasteiger partial charge >= 0.3 is 0 Å². The Balaban J connectivity index is 1.29. The molecular weight excluding hydrogens is 416 g/mol. The van der Waals surface area contributed by atoms with Crippen LogP contribution in [-0.4, -0.2) is 11.5 Å². The van der Waals surface area contributed by atoms with Gasteiger partial charge < -0.3 is 14.6 Å². The second-order valence-electron chi connectivity index (χ2n) is 8.87. The van der Waals surface area contributed by atoms with E-state index in [2.05, 4.69) is 96.1 Å². The molecule has 34 heavy (non-hydrogen) atoms.